The number of carbonyl (C=O) groups is 3. The average Bonchev–Trinajstić information content (AvgIpc) is 3.74. The number of likely N-dealkylation sites (N-methyl/N-ethyl adjacent to an activating group) is 1. The van der Waals surface area contributed by atoms with E-state index in [1.165, 1.54) is 4.90 Å². The van der Waals surface area contributed by atoms with Crippen LogP contribution in [0.15, 0.2) is 36.4 Å². The molecule has 6 atom stereocenters. The highest BCUT2D eigenvalue weighted by atomic mass is 16.6. The Morgan fingerprint density at radius 1 is 0.979 bits per heavy atom. The maximum atomic E-state index is 15.3. The van der Waals surface area contributed by atoms with Gasteiger partial charge in [0.2, 0.25) is 5.91 Å². The fourth-order valence-corrected chi connectivity index (χ4v) is 12.0. The number of hydrogen-bond acceptors (Lipinski definition) is 10. The van der Waals surface area contributed by atoms with Gasteiger partial charge in [0, 0.05) is 38.5 Å². The first-order valence-electron chi connectivity index (χ1n) is 16.8. The van der Waals surface area contributed by atoms with Crippen LogP contribution in [0.1, 0.15) is 61.6 Å². The standard InChI is InChI=1S/C36H38N4O7/c1-38-24-8-11-32-10-5-16-39-17-14-34(24,36(32,39)47-26(43)19-32)21-18-22(29(45-2)30(46-3)28(21)38)33-13-15-37-35(31(33)44)12-9-25(42)40(35)27-20(33)6-4-7-23(27)41/h4,6-8,11,18,24,37,41H,5,9-10,12-17,19H2,1-3H3/t24-,32-,33-,34-,35+,36+/m1/s1. The number of para-hydroxylation sites is 1. The number of fused-ring (bicyclic) bond motifs is 5. The molecule has 3 spiro atoms. The molecule has 5 fully saturated rings. The molecule has 2 aromatic carbocycles. The highest BCUT2D eigenvalue weighted by Gasteiger charge is 2.81. The van der Waals surface area contributed by atoms with Gasteiger partial charge < -0.3 is 24.2 Å². The van der Waals surface area contributed by atoms with Crippen molar-refractivity contribution in [1.29, 1.82) is 0 Å². The van der Waals surface area contributed by atoms with E-state index in [1.54, 1.807) is 26.4 Å². The van der Waals surface area contributed by atoms with Crippen LogP contribution in [0.25, 0.3) is 0 Å². The first-order chi connectivity index (χ1) is 22.7. The summed E-state index contributed by atoms with van der Waals surface area (Å²) in [5.74, 6) is 0.455. The normalized spacial score (nSPS) is 38.8. The number of ether oxygens (including phenoxy) is 3. The van der Waals surface area contributed by atoms with Gasteiger partial charge in [-0.05, 0) is 55.5 Å². The number of methoxy groups -OCH3 is 2. The number of nitrogens with zero attached hydrogens (tertiary/aromatic N) is 3. The lowest BCUT2D eigenvalue weighted by Crippen LogP contribution is -2.73. The van der Waals surface area contributed by atoms with Gasteiger partial charge in [0.1, 0.15) is 5.75 Å². The summed E-state index contributed by atoms with van der Waals surface area (Å²) in [7, 11) is 5.30. The molecule has 47 heavy (non-hydrogen) atoms. The zero-order valence-corrected chi connectivity index (χ0v) is 26.9. The fourth-order valence-electron chi connectivity index (χ4n) is 12.0. The lowest BCUT2D eigenvalue weighted by Gasteiger charge is -2.59. The summed E-state index contributed by atoms with van der Waals surface area (Å²) in [5.41, 5.74) is -0.987. The number of phenols is 1. The van der Waals surface area contributed by atoms with E-state index in [4.69, 9.17) is 14.2 Å². The number of piperidine rings is 2. The summed E-state index contributed by atoms with van der Waals surface area (Å²) >= 11 is 0. The van der Waals surface area contributed by atoms with Crippen LogP contribution in [-0.4, -0.2) is 86.0 Å². The molecule has 10 rings (SSSR count). The number of esters is 1. The molecule has 0 aromatic heterocycles. The van der Waals surface area contributed by atoms with E-state index in [1.807, 2.05) is 6.07 Å². The van der Waals surface area contributed by atoms with E-state index >= 15 is 4.79 Å². The van der Waals surface area contributed by atoms with Crippen molar-refractivity contribution >= 4 is 29.0 Å². The van der Waals surface area contributed by atoms with E-state index in [0.29, 0.717) is 54.1 Å². The van der Waals surface area contributed by atoms with E-state index in [9.17, 15) is 14.7 Å². The lowest BCUT2D eigenvalue weighted by atomic mass is 9.52. The van der Waals surface area contributed by atoms with Crippen LogP contribution >= 0.6 is 0 Å². The second-order valence-electron chi connectivity index (χ2n) is 14.7. The first kappa shape index (κ1) is 28.0. The number of ketones is 1. The molecule has 0 saturated carbocycles. The number of hydrogen-bond donors (Lipinski definition) is 2. The molecule has 1 amide bonds. The van der Waals surface area contributed by atoms with Crippen molar-refractivity contribution < 1.29 is 33.7 Å². The third-order valence-corrected chi connectivity index (χ3v) is 13.4. The Morgan fingerprint density at radius 2 is 1.81 bits per heavy atom. The van der Waals surface area contributed by atoms with Crippen LogP contribution < -0.4 is 24.6 Å². The molecular weight excluding hydrogens is 600 g/mol. The summed E-state index contributed by atoms with van der Waals surface area (Å²) in [6.07, 6.45) is 8.41. The molecule has 2 N–H and O–H groups in total. The zero-order chi connectivity index (χ0) is 32.3. The van der Waals surface area contributed by atoms with Crippen LogP contribution in [0.3, 0.4) is 0 Å². The van der Waals surface area contributed by atoms with Crippen molar-refractivity contribution in [2.24, 2.45) is 5.41 Å². The molecule has 7 aliphatic heterocycles. The predicted octanol–water partition coefficient (Wildman–Crippen LogP) is 2.85. The van der Waals surface area contributed by atoms with Crippen LogP contribution in [0.2, 0.25) is 0 Å². The second-order valence-corrected chi connectivity index (χ2v) is 14.7. The molecule has 0 radical (unpaired) electrons. The molecule has 1 aliphatic carbocycles. The fraction of sp³-hybridized carbons (Fsp3) is 0.528. The molecule has 8 aliphatic rings. The van der Waals surface area contributed by atoms with Gasteiger partial charge in [-0.3, -0.25) is 29.5 Å². The zero-order valence-electron chi connectivity index (χ0n) is 26.9. The molecule has 0 unspecified atom stereocenters. The lowest BCUT2D eigenvalue weighted by molar-refractivity contribution is -0.207. The van der Waals surface area contributed by atoms with Crippen molar-refractivity contribution in [3.05, 3.63) is 53.1 Å². The summed E-state index contributed by atoms with van der Waals surface area (Å²) in [5, 5.41) is 14.8. The topological polar surface area (TPSA) is 121 Å². The minimum absolute atomic E-state index is 0.0409. The largest absolute Gasteiger partial charge is 0.506 e. The SMILES string of the molecule is COc1c([C@@]23CCN[C@]4(CCC(=O)N4c4c(O)cccc42)C3=O)cc2c(c1OC)N(C)[C@@H]1C=C[C@@]34CCCN5CC[C@@]21[C@]53OC(=O)C4. The quantitative estimate of drug-likeness (QED) is 0.384. The van der Waals surface area contributed by atoms with Crippen molar-refractivity contribution in [1.82, 2.24) is 10.2 Å². The van der Waals surface area contributed by atoms with Gasteiger partial charge in [-0.1, -0.05) is 24.3 Å². The minimum atomic E-state index is -1.29. The van der Waals surface area contributed by atoms with Gasteiger partial charge in [0.15, 0.2) is 28.7 Å². The smallest absolute Gasteiger partial charge is 0.308 e. The molecule has 7 heterocycles. The van der Waals surface area contributed by atoms with Crippen LogP contribution in [0, 0.1) is 5.41 Å². The summed E-state index contributed by atoms with van der Waals surface area (Å²) in [6, 6.07) is 7.21. The molecule has 11 nitrogen and oxygen atoms in total. The van der Waals surface area contributed by atoms with Crippen LogP contribution in [0.5, 0.6) is 17.2 Å². The first-order valence-corrected chi connectivity index (χ1v) is 16.8. The van der Waals surface area contributed by atoms with E-state index in [-0.39, 0.29) is 35.9 Å². The second kappa shape index (κ2) is 8.49. The Bertz CT molecular complexity index is 1890. The molecule has 2 bridgehead atoms. The monoisotopic (exact) mass is 638 g/mol. The number of carbonyl (C=O) groups excluding carboxylic acids is 3. The van der Waals surface area contributed by atoms with Gasteiger partial charge in [0.25, 0.3) is 0 Å². The van der Waals surface area contributed by atoms with Crippen LogP contribution in [-0.2, 0) is 30.0 Å². The number of amides is 1. The van der Waals surface area contributed by atoms with Crippen molar-refractivity contribution in [2.75, 3.05) is 50.7 Å². The van der Waals surface area contributed by atoms with Gasteiger partial charge in [-0.2, -0.15) is 0 Å². The number of Topliss-reactive ketones (excluding diaryl/α,β-unsaturated/α-hetero) is 1. The van der Waals surface area contributed by atoms with Gasteiger partial charge in [0.05, 0.1) is 54.3 Å². The highest BCUT2D eigenvalue weighted by Crippen LogP contribution is 2.73. The summed E-state index contributed by atoms with van der Waals surface area (Å²) in [6.45, 7) is 2.11. The predicted molar refractivity (Wildman–Crippen MR) is 170 cm³/mol. The van der Waals surface area contributed by atoms with Gasteiger partial charge in [-0.25, -0.2) is 0 Å². The van der Waals surface area contributed by atoms with E-state index < -0.39 is 27.6 Å². The van der Waals surface area contributed by atoms with Gasteiger partial charge in [-0.15, -0.1) is 0 Å². The Morgan fingerprint density at radius 3 is 2.62 bits per heavy atom. The van der Waals surface area contributed by atoms with E-state index in [2.05, 4.69) is 40.4 Å². The number of phenolic OH excluding ortho intramolecular Hbond substituents is 1. The Balaban J connectivity index is 1.32. The maximum Gasteiger partial charge on any atom is 0.308 e. The van der Waals surface area contributed by atoms with Crippen molar-refractivity contribution in [3.8, 4) is 17.2 Å². The van der Waals surface area contributed by atoms with E-state index in [0.717, 1.165) is 43.6 Å². The summed E-state index contributed by atoms with van der Waals surface area (Å²) < 4.78 is 19.2. The van der Waals surface area contributed by atoms with Crippen LogP contribution in [0.4, 0.5) is 11.4 Å². The van der Waals surface area contributed by atoms with Crippen molar-refractivity contribution in [3.63, 3.8) is 0 Å². The molecule has 11 heteroatoms. The Hall–Kier alpha value is -4.09. The Labute approximate surface area is 272 Å². The average molecular weight is 639 g/mol. The maximum absolute atomic E-state index is 15.3. The third-order valence-electron chi connectivity index (χ3n) is 13.4. The number of benzene rings is 2. The molecule has 5 saturated heterocycles. The highest BCUT2D eigenvalue weighted by molar-refractivity contribution is 6.17. The minimum Gasteiger partial charge on any atom is -0.506 e. The number of anilines is 2. The van der Waals surface area contributed by atoms with Gasteiger partial charge >= 0.3 is 5.97 Å². The third kappa shape index (κ3) is 2.64. The van der Waals surface area contributed by atoms with Crippen molar-refractivity contribution in [2.45, 2.75) is 73.2 Å². The molecule has 2 aromatic rings. The number of aromatic hydroxyl groups is 1. The molecule has 244 valence electrons. The Kier molecular flexibility index (Phi) is 5.05. The summed E-state index contributed by atoms with van der Waals surface area (Å²) in [4.78, 5) is 48.4. The number of rotatable bonds is 3. The molecular formula is C36H38N4O7. The number of nitrogens with one attached hydrogen (secondary N) is 1.